The van der Waals surface area contributed by atoms with Crippen molar-refractivity contribution in [3.05, 3.63) is 70.0 Å². The second-order valence-electron chi connectivity index (χ2n) is 12.0. The number of unbranched alkanes of at least 4 members (excludes halogenated alkanes) is 9. The van der Waals surface area contributed by atoms with Crippen LogP contribution in [0.4, 0.5) is 11.6 Å². The van der Waals surface area contributed by atoms with Crippen molar-refractivity contribution in [1.82, 2.24) is 15.0 Å². The second-order valence-corrected chi connectivity index (χ2v) is 12.4. The summed E-state index contributed by atoms with van der Waals surface area (Å²) in [6.07, 6.45) is 14.3. The van der Waals surface area contributed by atoms with Crippen molar-refractivity contribution < 1.29 is 18.8 Å². The van der Waals surface area contributed by atoms with Crippen molar-refractivity contribution in [2.45, 2.75) is 77.6 Å². The first-order valence-corrected chi connectivity index (χ1v) is 16.1. The molecule has 0 fully saturated rings. The Labute approximate surface area is 260 Å². The zero-order valence-electron chi connectivity index (χ0n) is 25.8. The first-order valence-electron chi connectivity index (χ1n) is 15.7. The highest BCUT2D eigenvalue weighted by Crippen LogP contribution is 2.33. The minimum absolute atomic E-state index is 0.0258. The Kier molecular flexibility index (Phi) is 12.1. The standard InChI is InChI=1S/C34H44ClN5O3/c1-4-5-6-7-8-9-10-11-12-15-22-40(2,3)23-17-24-43-34-38-32(35)37-33(39-34)36-28-21-16-20-27-29(28)31(42)26-19-14-13-18-25(26)30(27)41/h13-14,16,18-21H,4-12,15,17,22-24H2,1-3H3/p+1. The van der Waals surface area contributed by atoms with E-state index in [0.29, 0.717) is 29.0 Å². The molecule has 0 aliphatic heterocycles. The summed E-state index contributed by atoms with van der Waals surface area (Å²) in [5.74, 6) is -0.288. The smallest absolute Gasteiger partial charge is 0.322 e. The van der Waals surface area contributed by atoms with Gasteiger partial charge < -0.3 is 14.5 Å². The first kappa shape index (κ1) is 32.6. The van der Waals surface area contributed by atoms with Crippen molar-refractivity contribution in [3.63, 3.8) is 0 Å². The monoisotopic (exact) mass is 606 g/mol. The summed E-state index contributed by atoms with van der Waals surface area (Å²) in [7, 11) is 4.53. The third-order valence-electron chi connectivity index (χ3n) is 8.04. The molecule has 43 heavy (non-hydrogen) atoms. The van der Waals surface area contributed by atoms with Gasteiger partial charge in [0.25, 0.3) is 0 Å². The Morgan fingerprint density at radius 1 is 0.721 bits per heavy atom. The van der Waals surface area contributed by atoms with Gasteiger partial charge in [-0.05, 0) is 30.5 Å². The highest BCUT2D eigenvalue weighted by atomic mass is 35.5. The number of nitrogens with one attached hydrogen (secondary N) is 1. The number of ether oxygens (including phenoxy) is 1. The molecule has 0 atom stereocenters. The molecule has 9 heteroatoms. The predicted octanol–water partition coefficient (Wildman–Crippen LogP) is 7.81. The van der Waals surface area contributed by atoms with E-state index >= 15 is 0 Å². The molecule has 230 valence electrons. The van der Waals surface area contributed by atoms with E-state index in [1.807, 2.05) is 0 Å². The molecule has 4 rings (SSSR count). The van der Waals surface area contributed by atoms with E-state index in [2.05, 4.69) is 41.3 Å². The SMILES string of the molecule is CCCCCCCCCCCC[N+](C)(C)CCCOc1nc(Cl)nc(Nc2cccc3c2C(=O)c2ccccc2C3=O)n1. The largest absolute Gasteiger partial charge is 0.463 e. The summed E-state index contributed by atoms with van der Waals surface area (Å²) in [6.45, 7) is 4.84. The van der Waals surface area contributed by atoms with E-state index in [-0.39, 0.29) is 34.4 Å². The number of anilines is 2. The van der Waals surface area contributed by atoms with Crippen LogP contribution in [0.25, 0.3) is 0 Å². The topological polar surface area (TPSA) is 94.1 Å². The third kappa shape index (κ3) is 9.31. The molecule has 3 aromatic rings. The van der Waals surface area contributed by atoms with E-state index in [0.717, 1.165) is 24.0 Å². The molecule has 0 amide bonds. The molecule has 1 aromatic heterocycles. The van der Waals surface area contributed by atoms with Crippen LogP contribution in [0.2, 0.25) is 5.28 Å². The minimum atomic E-state index is -0.233. The van der Waals surface area contributed by atoms with Gasteiger partial charge in [0.15, 0.2) is 11.6 Å². The molecule has 2 aromatic carbocycles. The van der Waals surface area contributed by atoms with Crippen LogP contribution in [0.1, 0.15) is 109 Å². The van der Waals surface area contributed by atoms with Gasteiger partial charge in [-0.2, -0.15) is 15.0 Å². The minimum Gasteiger partial charge on any atom is -0.463 e. The fourth-order valence-corrected chi connectivity index (χ4v) is 5.77. The average molecular weight is 607 g/mol. The number of halogens is 1. The van der Waals surface area contributed by atoms with Gasteiger partial charge in [0.1, 0.15) is 0 Å². The van der Waals surface area contributed by atoms with Gasteiger partial charge in [-0.15, -0.1) is 0 Å². The molecular formula is C34H45ClN5O3+. The number of fused-ring (bicyclic) bond motifs is 2. The van der Waals surface area contributed by atoms with E-state index in [4.69, 9.17) is 16.3 Å². The van der Waals surface area contributed by atoms with Gasteiger partial charge in [-0.3, -0.25) is 9.59 Å². The lowest BCUT2D eigenvalue weighted by atomic mass is 9.83. The number of rotatable bonds is 18. The van der Waals surface area contributed by atoms with Crippen LogP contribution >= 0.6 is 11.6 Å². The van der Waals surface area contributed by atoms with Crippen molar-refractivity contribution in [2.75, 3.05) is 39.1 Å². The molecule has 1 aliphatic rings. The number of nitrogens with zero attached hydrogens (tertiary/aromatic N) is 4. The van der Waals surface area contributed by atoms with Gasteiger partial charge in [0.2, 0.25) is 11.2 Å². The Balaban J connectivity index is 1.24. The van der Waals surface area contributed by atoms with Crippen molar-refractivity contribution in [1.29, 1.82) is 0 Å². The number of hydrogen-bond donors (Lipinski definition) is 1. The van der Waals surface area contributed by atoms with Gasteiger partial charge in [-0.1, -0.05) is 94.7 Å². The fourth-order valence-electron chi connectivity index (χ4n) is 5.62. The number of hydrogen-bond acceptors (Lipinski definition) is 7. The Morgan fingerprint density at radius 3 is 2.02 bits per heavy atom. The lowest BCUT2D eigenvalue weighted by Gasteiger charge is -2.29. The molecule has 0 radical (unpaired) electrons. The quantitative estimate of drug-likeness (QED) is 0.0911. The lowest BCUT2D eigenvalue weighted by Crippen LogP contribution is -2.41. The molecule has 1 N–H and O–H groups in total. The summed E-state index contributed by atoms with van der Waals surface area (Å²) in [5.41, 5.74) is 1.82. The number of ketones is 2. The van der Waals surface area contributed by atoms with Gasteiger partial charge in [0, 0.05) is 23.1 Å². The number of aromatic nitrogens is 3. The molecule has 0 saturated heterocycles. The van der Waals surface area contributed by atoms with Gasteiger partial charge in [0.05, 0.1) is 45.0 Å². The maximum absolute atomic E-state index is 13.3. The number of benzene rings is 2. The van der Waals surface area contributed by atoms with E-state index < -0.39 is 0 Å². The molecule has 0 bridgehead atoms. The first-order chi connectivity index (χ1) is 20.8. The van der Waals surface area contributed by atoms with E-state index in [1.165, 1.54) is 64.2 Å². The van der Waals surface area contributed by atoms with Crippen molar-refractivity contribution in [3.8, 4) is 6.01 Å². The Bertz CT molecular complexity index is 1390. The van der Waals surface area contributed by atoms with E-state index in [9.17, 15) is 9.59 Å². The van der Waals surface area contributed by atoms with Crippen molar-refractivity contribution in [2.24, 2.45) is 0 Å². The highest BCUT2D eigenvalue weighted by molar-refractivity contribution is 6.30. The molecule has 0 saturated carbocycles. The number of carbonyl (C=O) groups excluding carboxylic acids is 2. The molecule has 8 nitrogen and oxygen atoms in total. The van der Waals surface area contributed by atoms with Crippen LogP contribution in [0, 0.1) is 0 Å². The number of quaternary nitrogens is 1. The lowest BCUT2D eigenvalue weighted by molar-refractivity contribution is -0.890. The van der Waals surface area contributed by atoms with Crippen LogP contribution in [-0.2, 0) is 0 Å². The molecule has 0 unspecified atom stereocenters. The number of carbonyl (C=O) groups is 2. The van der Waals surface area contributed by atoms with Gasteiger partial charge >= 0.3 is 6.01 Å². The van der Waals surface area contributed by atoms with Crippen LogP contribution < -0.4 is 10.1 Å². The van der Waals surface area contributed by atoms with Crippen molar-refractivity contribution >= 4 is 34.8 Å². The highest BCUT2D eigenvalue weighted by Gasteiger charge is 2.31. The summed E-state index contributed by atoms with van der Waals surface area (Å²) < 4.78 is 6.79. The van der Waals surface area contributed by atoms with Crippen LogP contribution in [0.5, 0.6) is 6.01 Å². The zero-order chi connectivity index (χ0) is 30.7. The summed E-state index contributed by atoms with van der Waals surface area (Å²) in [4.78, 5) is 39.0. The maximum atomic E-state index is 13.3. The fraction of sp³-hybridized carbons (Fsp3) is 0.500. The third-order valence-corrected chi connectivity index (χ3v) is 8.21. The van der Waals surface area contributed by atoms with Crippen LogP contribution in [0.15, 0.2) is 42.5 Å². The molecule has 1 heterocycles. The van der Waals surface area contributed by atoms with Crippen LogP contribution in [-0.4, -0.2) is 64.8 Å². The predicted molar refractivity (Wildman–Crippen MR) is 172 cm³/mol. The summed E-state index contributed by atoms with van der Waals surface area (Å²) in [6, 6.07) is 12.0. The molecular weight excluding hydrogens is 562 g/mol. The molecule has 1 aliphatic carbocycles. The Morgan fingerprint density at radius 2 is 1.33 bits per heavy atom. The summed E-state index contributed by atoms with van der Waals surface area (Å²) in [5, 5.41) is 3.03. The average Bonchev–Trinajstić information content (AvgIpc) is 2.99. The maximum Gasteiger partial charge on any atom is 0.322 e. The second kappa shape index (κ2) is 15.9. The van der Waals surface area contributed by atoms with Gasteiger partial charge in [-0.25, -0.2) is 0 Å². The zero-order valence-corrected chi connectivity index (χ0v) is 26.6. The Hall–Kier alpha value is -3.36. The summed E-state index contributed by atoms with van der Waals surface area (Å²) >= 11 is 6.19. The molecule has 0 spiro atoms. The van der Waals surface area contributed by atoms with E-state index in [1.54, 1.807) is 42.5 Å². The normalized spacial score (nSPS) is 12.7. The van der Waals surface area contributed by atoms with Crippen LogP contribution in [0.3, 0.4) is 0 Å².